The summed E-state index contributed by atoms with van der Waals surface area (Å²) in [5.74, 6) is -0.0433. The van der Waals surface area contributed by atoms with Crippen molar-refractivity contribution in [1.29, 1.82) is 0 Å². The number of fused-ring (bicyclic) bond motifs is 1. The number of rotatable bonds is 3. The summed E-state index contributed by atoms with van der Waals surface area (Å²) in [6, 6.07) is 7.80. The Balaban J connectivity index is 1.71. The second kappa shape index (κ2) is 6.50. The van der Waals surface area contributed by atoms with E-state index in [1.54, 1.807) is 12.3 Å². The fourth-order valence-corrected chi connectivity index (χ4v) is 2.96. The van der Waals surface area contributed by atoms with E-state index < -0.39 is 0 Å². The van der Waals surface area contributed by atoms with Crippen LogP contribution in [0.4, 0.5) is 0 Å². The molecule has 1 aliphatic rings. The Kier molecular flexibility index (Phi) is 4.43. The number of carbonyl (C=O) groups is 1. The zero-order valence-corrected chi connectivity index (χ0v) is 13.6. The van der Waals surface area contributed by atoms with Crippen LogP contribution in [0.25, 0.3) is 10.8 Å². The molecule has 2 heterocycles. The van der Waals surface area contributed by atoms with Gasteiger partial charge in [0.15, 0.2) is 0 Å². The highest BCUT2D eigenvalue weighted by molar-refractivity contribution is 5.81. The number of benzene rings is 1. The second-order valence-corrected chi connectivity index (χ2v) is 6.21. The molecule has 2 aromatic rings. The van der Waals surface area contributed by atoms with Gasteiger partial charge in [-0.15, -0.1) is 0 Å². The molecule has 1 saturated heterocycles. The third-order valence-corrected chi connectivity index (χ3v) is 4.44. The molecular formula is C17H22N4O2. The van der Waals surface area contributed by atoms with Gasteiger partial charge in [-0.3, -0.25) is 14.5 Å². The summed E-state index contributed by atoms with van der Waals surface area (Å²) in [5, 5.41) is 5.53. The Labute approximate surface area is 135 Å². The van der Waals surface area contributed by atoms with E-state index in [0.717, 1.165) is 18.5 Å². The monoisotopic (exact) mass is 314 g/mol. The Bertz CT molecular complexity index is 761. The van der Waals surface area contributed by atoms with Crippen LogP contribution in [0.5, 0.6) is 0 Å². The van der Waals surface area contributed by atoms with Crippen LogP contribution in [0.3, 0.4) is 0 Å². The Morgan fingerprint density at radius 3 is 2.57 bits per heavy atom. The molecule has 6 nitrogen and oxygen atoms in total. The maximum atomic E-state index is 12.4. The maximum Gasteiger partial charge on any atom is 0.275 e. The zero-order chi connectivity index (χ0) is 16.4. The molecule has 1 fully saturated rings. The maximum absolute atomic E-state index is 12.4. The summed E-state index contributed by atoms with van der Waals surface area (Å²) >= 11 is 0. The van der Waals surface area contributed by atoms with Crippen LogP contribution in [0.1, 0.15) is 13.8 Å². The van der Waals surface area contributed by atoms with Crippen LogP contribution < -0.4 is 5.56 Å². The first kappa shape index (κ1) is 15.7. The number of hydrogen-bond donors (Lipinski definition) is 0. The van der Waals surface area contributed by atoms with Gasteiger partial charge in [0.2, 0.25) is 5.91 Å². The van der Waals surface area contributed by atoms with Crippen LogP contribution >= 0.6 is 0 Å². The van der Waals surface area contributed by atoms with Gasteiger partial charge in [0, 0.05) is 37.6 Å². The lowest BCUT2D eigenvalue weighted by Crippen LogP contribution is -2.51. The highest BCUT2D eigenvalue weighted by Crippen LogP contribution is 2.08. The first-order valence-electron chi connectivity index (χ1n) is 8.03. The summed E-state index contributed by atoms with van der Waals surface area (Å²) < 4.78 is 1.26. The van der Waals surface area contributed by atoms with Crippen molar-refractivity contribution in [3.63, 3.8) is 0 Å². The van der Waals surface area contributed by atoms with Crippen molar-refractivity contribution in [3.05, 3.63) is 40.8 Å². The minimum absolute atomic E-state index is 0.00530. The molecule has 1 aliphatic heterocycles. The number of amides is 1. The van der Waals surface area contributed by atoms with E-state index in [1.807, 2.05) is 23.1 Å². The first-order chi connectivity index (χ1) is 11.1. The average molecular weight is 314 g/mol. The molecule has 122 valence electrons. The Hall–Kier alpha value is -2.21. The molecule has 0 saturated carbocycles. The van der Waals surface area contributed by atoms with Crippen LogP contribution in [-0.2, 0) is 11.3 Å². The lowest BCUT2D eigenvalue weighted by Gasteiger charge is -2.36. The molecule has 0 spiro atoms. The number of carbonyl (C=O) groups excluding carboxylic acids is 1. The largest absolute Gasteiger partial charge is 0.339 e. The molecule has 3 rings (SSSR count). The lowest BCUT2D eigenvalue weighted by molar-refractivity contribution is -0.134. The molecule has 0 unspecified atom stereocenters. The van der Waals surface area contributed by atoms with Crippen LogP contribution in [0.15, 0.2) is 35.3 Å². The van der Waals surface area contributed by atoms with Gasteiger partial charge in [0.25, 0.3) is 5.56 Å². The topological polar surface area (TPSA) is 58.4 Å². The van der Waals surface area contributed by atoms with Crippen LogP contribution in [-0.4, -0.2) is 57.7 Å². The van der Waals surface area contributed by atoms with Gasteiger partial charge in [-0.2, -0.15) is 5.10 Å². The predicted molar refractivity (Wildman–Crippen MR) is 89.3 cm³/mol. The van der Waals surface area contributed by atoms with Crippen LogP contribution in [0, 0.1) is 0 Å². The molecular weight excluding hydrogens is 292 g/mol. The Morgan fingerprint density at radius 1 is 1.17 bits per heavy atom. The van der Waals surface area contributed by atoms with Gasteiger partial charge in [-0.1, -0.05) is 18.2 Å². The highest BCUT2D eigenvalue weighted by Gasteiger charge is 2.23. The molecule has 0 radical (unpaired) electrons. The van der Waals surface area contributed by atoms with Gasteiger partial charge in [-0.25, -0.2) is 4.68 Å². The van der Waals surface area contributed by atoms with E-state index in [4.69, 9.17) is 0 Å². The zero-order valence-electron chi connectivity index (χ0n) is 13.6. The Morgan fingerprint density at radius 2 is 1.87 bits per heavy atom. The molecule has 23 heavy (non-hydrogen) atoms. The summed E-state index contributed by atoms with van der Waals surface area (Å²) in [7, 11) is 0. The fourth-order valence-electron chi connectivity index (χ4n) is 2.96. The lowest BCUT2D eigenvalue weighted by atomic mass is 10.2. The van der Waals surface area contributed by atoms with Crippen molar-refractivity contribution >= 4 is 16.7 Å². The molecule has 0 atom stereocenters. The minimum Gasteiger partial charge on any atom is -0.339 e. The van der Waals surface area contributed by atoms with Gasteiger partial charge in [0.05, 0.1) is 11.6 Å². The van der Waals surface area contributed by atoms with Crippen molar-refractivity contribution in [2.75, 3.05) is 26.2 Å². The standard InChI is InChI=1S/C17H22N4O2/c1-13(2)19-7-9-20(10-8-19)16(22)12-21-17(23)15-6-4-3-5-14(15)11-18-21/h3-6,11,13H,7-10,12H2,1-2H3. The molecule has 0 N–H and O–H groups in total. The molecule has 1 amide bonds. The summed E-state index contributed by atoms with van der Waals surface area (Å²) in [5.41, 5.74) is -0.211. The quantitative estimate of drug-likeness (QED) is 0.846. The van der Waals surface area contributed by atoms with E-state index >= 15 is 0 Å². The number of aromatic nitrogens is 2. The molecule has 1 aromatic heterocycles. The van der Waals surface area contributed by atoms with Crippen LogP contribution in [0.2, 0.25) is 0 Å². The smallest absolute Gasteiger partial charge is 0.275 e. The average Bonchev–Trinajstić information content (AvgIpc) is 2.57. The molecule has 0 bridgehead atoms. The van der Waals surface area contributed by atoms with E-state index in [-0.39, 0.29) is 18.0 Å². The summed E-state index contributed by atoms with van der Waals surface area (Å²) in [6.07, 6.45) is 1.64. The fraction of sp³-hybridized carbons (Fsp3) is 0.471. The van der Waals surface area contributed by atoms with Gasteiger partial charge >= 0.3 is 0 Å². The van der Waals surface area contributed by atoms with E-state index in [2.05, 4.69) is 23.8 Å². The second-order valence-electron chi connectivity index (χ2n) is 6.21. The van der Waals surface area contributed by atoms with Gasteiger partial charge in [-0.05, 0) is 19.9 Å². The highest BCUT2D eigenvalue weighted by atomic mass is 16.2. The van der Waals surface area contributed by atoms with Gasteiger partial charge in [0.1, 0.15) is 6.54 Å². The third kappa shape index (κ3) is 3.27. The number of nitrogens with zero attached hydrogens (tertiary/aromatic N) is 4. The number of piperazine rings is 1. The van der Waals surface area contributed by atoms with E-state index in [1.165, 1.54) is 4.68 Å². The van der Waals surface area contributed by atoms with E-state index in [0.29, 0.717) is 24.5 Å². The first-order valence-corrected chi connectivity index (χ1v) is 8.03. The SMILES string of the molecule is CC(C)N1CCN(C(=O)Cn2ncc3ccccc3c2=O)CC1. The predicted octanol–water partition coefficient (Wildman–Crippen LogP) is 0.949. The number of hydrogen-bond acceptors (Lipinski definition) is 4. The van der Waals surface area contributed by atoms with Crippen molar-refractivity contribution in [2.45, 2.75) is 26.4 Å². The van der Waals surface area contributed by atoms with Crippen molar-refractivity contribution < 1.29 is 4.79 Å². The van der Waals surface area contributed by atoms with Crippen molar-refractivity contribution in [1.82, 2.24) is 19.6 Å². The minimum atomic E-state index is -0.211. The molecule has 6 heteroatoms. The normalized spacial score (nSPS) is 16.2. The van der Waals surface area contributed by atoms with Crippen molar-refractivity contribution in [2.24, 2.45) is 0 Å². The third-order valence-electron chi connectivity index (χ3n) is 4.44. The molecule has 1 aromatic carbocycles. The van der Waals surface area contributed by atoms with Gasteiger partial charge < -0.3 is 4.90 Å². The van der Waals surface area contributed by atoms with E-state index in [9.17, 15) is 9.59 Å². The van der Waals surface area contributed by atoms with Crippen molar-refractivity contribution in [3.8, 4) is 0 Å². The molecule has 0 aliphatic carbocycles. The summed E-state index contributed by atoms with van der Waals surface area (Å²) in [6.45, 7) is 7.50. The summed E-state index contributed by atoms with van der Waals surface area (Å²) in [4.78, 5) is 29.0.